The number of nitrogens with zero attached hydrogens (tertiary/aromatic N) is 5. The van der Waals surface area contributed by atoms with E-state index in [0.29, 0.717) is 5.69 Å². The molecule has 2 aromatic rings. The van der Waals surface area contributed by atoms with Crippen molar-refractivity contribution in [1.82, 2.24) is 19.5 Å². The van der Waals surface area contributed by atoms with Crippen LogP contribution in [0.3, 0.4) is 0 Å². The highest BCUT2D eigenvalue weighted by Gasteiger charge is 2.09. The molecule has 0 bridgehead atoms. The summed E-state index contributed by atoms with van der Waals surface area (Å²) in [5.74, 6) is 0.253. The lowest BCUT2D eigenvalue weighted by Crippen LogP contribution is -2.23. The van der Waals surface area contributed by atoms with E-state index in [4.69, 9.17) is 5.73 Å². The molecule has 0 saturated carbocycles. The van der Waals surface area contributed by atoms with E-state index >= 15 is 0 Å². The number of nitro groups is 1. The zero-order valence-corrected chi connectivity index (χ0v) is 9.05. The van der Waals surface area contributed by atoms with Crippen LogP contribution in [0.5, 0.6) is 0 Å². The summed E-state index contributed by atoms with van der Waals surface area (Å²) in [6, 6.07) is 0. The smallest absolute Gasteiger partial charge is 0.348 e. The summed E-state index contributed by atoms with van der Waals surface area (Å²) in [6.45, 7) is 0.0425. The van der Waals surface area contributed by atoms with Crippen molar-refractivity contribution in [2.45, 2.75) is 6.54 Å². The molecule has 0 amide bonds. The summed E-state index contributed by atoms with van der Waals surface area (Å²) >= 11 is 0. The standard InChI is InChI=1S/C9H8N6O3/c10-8-3-11-6(1-12-8)4-14-5-7(15(17)18)2-13-9(14)16/h1-3,5H,4H2,(H2,10,12). The average Bonchev–Trinajstić information content (AvgIpc) is 2.34. The minimum absolute atomic E-state index is 0.0425. The van der Waals surface area contributed by atoms with E-state index in [1.807, 2.05) is 0 Å². The van der Waals surface area contributed by atoms with Gasteiger partial charge < -0.3 is 5.73 Å². The summed E-state index contributed by atoms with van der Waals surface area (Å²) < 4.78 is 1.08. The third kappa shape index (κ3) is 2.45. The van der Waals surface area contributed by atoms with Crippen LogP contribution < -0.4 is 11.4 Å². The summed E-state index contributed by atoms with van der Waals surface area (Å²) in [6.07, 6.45) is 4.74. The van der Waals surface area contributed by atoms with Crippen LogP contribution in [0.1, 0.15) is 5.69 Å². The first-order valence-electron chi connectivity index (χ1n) is 4.83. The highest BCUT2D eigenvalue weighted by molar-refractivity contribution is 5.23. The van der Waals surface area contributed by atoms with Gasteiger partial charge in [0, 0.05) is 0 Å². The lowest BCUT2D eigenvalue weighted by molar-refractivity contribution is -0.385. The van der Waals surface area contributed by atoms with E-state index in [1.54, 1.807) is 0 Å². The summed E-state index contributed by atoms with van der Waals surface area (Å²) in [5, 5.41) is 10.6. The molecule has 92 valence electrons. The van der Waals surface area contributed by atoms with Crippen LogP contribution in [-0.4, -0.2) is 24.4 Å². The van der Waals surface area contributed by atoms with Crippen LogP contribution in [0.4, 0.5) is 11.5 Å². The normalized spacial score (nSPS) is 10.2. The molecule has 2 aromatic heterocycles. The fraction of sp³-hybridized carbons (Fsp3) is 0.111. The maximum atomic E-state index is 11.4. The van der Waals surface area contributed by atoms with Gasteiger partial charge in [0.05, 0.1) is 35.8 Å². The van der Waals surface area contributed by atoms with Crippen molar-refractivity contribution in [3.63, 3.8) is 0 Å². The molecule has 9 nitrogen and oxygen atoms in total. The monoisotopic (exact) mass is 248 g/mol. The fourth-order valence-electron chi connectivity index (χ4n) is 1.27. The first kappa shape index (κ1) is 11.6. The molecule has 0 unspecified atom stereocenters. The van der Waals surface area contributed by atoms with Gasteiger partial charge in [-0.15, -0.1) is 0 Å². The summed E-state index contributed by atoms with van der Waals surface area (Å²) in [4.78, 5) is 32.5. The maximum Gasteiger partial charge on any atom is 0.348 e. The SMILES string of the molecule is Nc1cnc(Cn2cc([N+](=O)[O-])cnc2=O)cn1. The molecule has 2 N–H and O–H groups in total. The second-order valence-electron chi connectivity index (χ2n) is 3.41. The number of nitrogen functional groups attached to an aromatic ring is 1. The van der Waals surface area contributed by atoms with Crippen molar-refractivity contribution in [2.75, 3.05) is 5.73 Å². The van der Waals surface area contributed by atoms with Gasteiger partial charge in [-0.05, 0) is 0 Å². The summed E-state index contributed by atoms with van der Waals surface area (Å²) in [7, 11) is 0. The van der Waals surface area contributed by atoms with Gasteiger partial charge in [0.25, 0.3) is 0 Å². The minimum Gasteiger partial charge on any atom is -0.382 e. The molecule has 0 spiro atoms. The van der Waals surface area contributed by atoms with Crippen molar-refractivity contribution in [2.24, 2.45) is 0 Å². The number of anilines is 1. The molecule has 9 heteroatoms. The Morgan fingerprint density at radius 3 is 2.67 bits per heavy atom. The van der Waals surface area contributed by atoms with Crippen molar-refractivity contribution in [1.29, 1.82) is 0 Å². The number of hydrogen-bond acceptors (Lipinski definition) is 7. The minimum atomic E-state index is -0.627. The zero-order valence-electron chi connectivity index (χ0n) is 9.05. The molecule has 0 aliphatic heterocycles. The van der Waals surface area contributed by atoms with Gasteiger partial charge in [0.15, 0.2) is 0 Å². The lowest BCUT2D eigenvalue weighted by atomic mass is 10.4. The van der Waals surface area contributed by atoms with Crippen LogP contribution in [0, 0.1) is 10.1 Å². The molecule has 0 aliphatic carbocycles. The van der Waals surface area contributed by atoms with Gasteiger partial charge in [-0.2, -0.15) is 4.98 Å². The molecular weight excluding hydrogens is 240 g/mol. The zero-order chi connectivity index (χ0) is 13.1. The molecule has 0 saturated heterocycles. The van der Waals surface area contributed by atoms with Gasteiger partial charge >= 0.3 is 11.4 Å². The largest absolute Gasteiger partial charge is 0.382 e. The fourth-order valence-corrected chi connectivity index (χ4v) is 1.27. The molecule has 2 rings (SSSR count). The Balaban J connectivity index is 2.33. The summed E-state index contributed by atoms with van der Waals surface area (Å²) in [5.41, 5.74) is 4.96. The Hall–Kier alpha value is -2.84. The molecule has 0 fully saturated rings. The number of nitrogens with two attached hydrogens (primary N) is 1. The second kappa shape index (κ2) is 4.57. The highest BCUT2D eigenvalue weighted by atomic mass is 16.6. The maximum absolute atomic E-state index is 11.4. The van der Waals surface area contributed by atoms with Crippen LogP contribution in [-0.2, 0) is 6.54 Å². The Bertz CT molecular complexity index is 635. The highest BCUT2D eigenvalue weighted by Crippen LogP contribution is 2.06. The van der Waals surface area contributed by atoms with Crippen LogP contribution in [0.25, 0.3) is 0 Å². The van der Waals surface area contributed by atoms with Crippen molar-refractivity contribution in [3.05, 3.63) is 51.1 Å². The van der Waals surface area contributed by atoms with Gasteiger partial charge in [0.2, 0.25) is 0 Å². The van der Waals surface area contributed by atoms with Gasteiger partial charge in [0.1, 0.15) is 12.0 Å². The second-order valence-corrected chi connectivity index (χ2v) is 3.41. The Morgan fingerprint density at radius 1 is 1.28 bits per heavy atom. The third-order valence-corrected chi connectivity index (χ3v) is 2.11. The van der Waals surface area contributed by atoms with Gasteiger partial charge in [-0.25, -0.2) is 9.78 Å². The Kier molecular flexibility index (Phi) is 2.96. The predicted octanol–water partition coefficient (Wildman–Crippen LogP) is -0.428. The van der Waals surface area contributed by atoms with E-state index in [1.165, 1.54) is 12.4 Å². The van der Waals surface area contributed by atoms with E-state index < -0.39 is 10.6 Å². The number of rotatable bonds is 3. The molecule has 2 heterocycles. The van der Waals surface area contributed by atoms with Gasteiger partial charge in [-0.3, -0.25) is 19.7 Å². The average molecular weight is 248 g/mol. The van der Waals surface area contributed by atoms with Crippen molar-refractivity contribution in [3.8, 4) is 0 Å². The van der Waals surface area contributed by atoms with Crippen LogP contribution in [0.15, 0.2) is 29.6 Å². The lowest BCUT2D eigenvalue weighted by Gasteiger charge is -2.03. The Morgan fingerprint density at radius 2 is 2.06 bits per heavy atom. The molecule has 0 radical (unpaired) electrons. The quantitative estimate of drug-likeness (QED) is 0.576. The van der Waals surface area contributed by atoms with E-state index in [9.17, 15) is 14.9 Å². The van der Waals surface area contributed by atoms with Crippen molar-refractivity contribution >= 4 is 11.5 Å². The van der Waals surface area contributed by atoms with Gasteiger partial charge in [-0.1, -0.05) is 0 Å². The molecule has 0 aliphatic rings. The topological polar surface area (TPSA) is 130 Å². The van der Waals surface area contributed by atoms with E-state index in [2.05, 4.69) is 15.0 Å². The Labute approximate surface area is 100 Å². The van der Waals surface area contributed by atoms with Crippen LogP contribution >= 0.6 is 0 Å². The van der Waals surface area contributed by atoms with E-state index in [-0.39, 0.29) is 18.1 Å². The molecule has 18 heavy (non-hydrogen) atoms. The van der Waals surface area contributed by atoms with Crippen LogP contribution in [0.2, 0.25) is 0 Å². The number of hydrogen-bond donors (Lipinski definition) is 1. The molecular formula is C9H8N6O3. The molecule has 0 atom stereocenters. The third-order valence-electron chi connectivity index (χ3n) is 2.11. The van der Waals surface area contributed by atoms with Crippen molar-refractivity contribution < 1.29 is 4.92 Å². The first-order valence-corrected chi connectivity index (χ1v) is 4.83. The number of aromatic nitrogens is 4. The predicted molar refractivity (Wildman–Crippen MR) is 60.7 cm³/mol. The molecule has 0 aromatic carbocycles. The van der Waals surface area contributed by atoms with E-state index in [0.717, 1.165) is 17.0 Å². The first-order chi connectivity index (χ1) is 8.56.